The summed E-state index contributed by atoms with van der Waals surface area (Å²) in [6.07, 6.45) is 0.470. The van der Waals surface area contributed by atoms with Gasteiger partial charge in [-0.25, -0.2) is 0 Å². The van der Waals surface area contributed by atoms with Gasteiger partial charge in [0, 0.05) is 24.5 Å². The van der Waals surface area contributed by atoms with E-state index in [9.17, 15) is 4.79 Å². The van der Waals surface area contributed by atoms with E-state index in [1.54, 1.807) is 23.1 Å². The second-order valence-electron chi connectivity index (χ2n) is 4.23. The molecule has 4 nitrogen and oxygen atoms in total. The Morgan fingerprint density at radius 2 is 2.39 bits per heavy atom. The van der Waals surface area contributed by atoms with E-state index in [4.69, 9.17) is 21.6 Å². The number of alkyl halides is 1. The summed E-state index contributed by atoms with van der Waals surface area (Å²) in [6, 6.07) is 7.22. The summed E-state index contributed by atoms with van der Waals surface area (Å²) in [7, 11) is 1.51. The highest BCUT2D eigenvalue weighted by Crippen LogP contribution is 2.29. The van der Waals surface area contributed by atoms with Crippen LogP contribution in [0.2, 0.25) is 0 Å². The highest BCUT2D eigenvalue weighted by molar-refractivity contribution is 6.18. The van der Waals surface area contributed by atoms with Crippen LogP contribution in [0.4, 0.5) is 5.69 Å². The number of halogens is 1. The van der Waals surface area contributed by atoms with Gasteiger partial charge in [0.25, 0.3) is 0 Å². The van der Waals surface area contributed by atoms with Gasteiger partial charge in [-0.1, -0.05) is 0 Å². The van der Waals surface area contributed by atoms with Gasteiger partial charge in [-0.2, -0.15) is 5.26 Å². The van der Waals surface area contributed by atoms with E-state index in [1.165, 1.54) is 7.11 Å². The van der Waals surface area contributed by atoms with Crippen LogP contribution in [0.5, 0.6) is 5.75 Å². The quantitative estimate of drug-likeness (QED) is 0.786. The van der Waals surface area contributed by atoms with E-state index in [0.29, 0.717) is 30.2 Å². The molecular formula is C13H13ClN2O2. The summed E-state index contributed by atoms with van der Waals surface area (Å²) >= 11 is 5.78. The zero-order valence-electron chi connectivity index (χ0n) is 10.0. The molecule has 0 aromatic heterocycles. The molecule has 1 unspecified atom stereocenters. The third-order valence-corrected chi connectivity index (χ3v) is 3.47. The van der Waals surface area contributed by atoms with Crippen molar-refractivity contribution in [1.29, 1.82) is 5.26 Å². The summed E-state index contributed by atoms with van der Waals surface area (Å²) in [6.45, 7) is 0.611. The number of hydrogen-bond donors (Lipinski definition) is 0. The molecule has 2 rings (SSSR count). The lowest BCUT2D eigenvalue weighted by Crippen LogP contribution is -2.24. The Morgan fingerprint density at radius 3 is 2.94 bits per heavy atom. The van der Waals surface area contributed by atoms with Crippen molar-refractivity contribution in [3.63, 3.8) is 0 Å². The topological polar surface area (TPSA) is 53.3 Å². The molecule has 0 N–H and O–H groups in total. The van der Waals surface area contributed by atoms with Gasteiger partial charge in [0.15, 0.2) is 0 Å². The van der Waals surface area contributed by atoms with Crippen LogP contribution >= 0.6 is 11.6 Å². The maximum absolute atomic E-state index is 11.9. The number of benzene rings is 1. The lowest BCUT2D eigenvalue weighted by Gasteiger charge is -2.17. The van der Waals surface area contributed by atoms with E-state index in [0.717, 1.165) is 5.69 Å². The molecule has 1 aromatic rings. The fourth-order valence-electron chi connectivity index (χ4n) is 2.09. The Hall–Kier alpha value is -1.73. The number of carbonyl (C=O) groups excluding carboxylic acids is 1. The minimum atomic E-state index is 0.0507. The van der Waals surface area contributed by atoms with Crippen LogP contribution in [0, 0.1) is 17.2 Å². The Kier molecular flexibility index (Phi) is 3.73. The van der Waals surface area contributed by atoms with E-state index in [-0.39, 0.29) is 11.8 Å². The maximum Gasteiger partial charge on any atom is 0.227 e. The second-order valence-corrected chi connectivity index (χ2v) is 4.53. The normalized spacial score (nSPS) is 18.8. The molecule has 1 heterocycles. The van der Waals surface area contributed by atoms with Crippen molar-refractivity contribution in [2.75, 3.05) is 24.4 Å². The van der Waals surface area contributed by atoms with Crippen LogP contribution in [-0.4, -0.2) is 25.4 Å². The molecule has 1 aromatic carbocycles. The fraction of sp³-hybridized carbons (Fsp3) is 0.385. The molecule has 0 spiro atoms. The van der Waals surface area contributed by atoms with Gasteiger partial charge in [0.2, 0.25) is 5.91 Å². The largest absolute Gasteiger partial charge is 0.495 e. The fourth-order valence-corrected chi connectivity index (χ4v) is 2.29. The predicted octanol–water partition coefficient (Wildman–Crippen LogP) is 2.16. The average molecular weight is 265 g/mol. The predicted molar refractivity (Wildman–Crippen MR) is 68.9 cm³/mol. The van der Waals surface area contributed by atoms with E-state index >= 15 is 0 Å². The molecule has 0 bridgehead atoms. The van der Waals surface area contributed by atoms with Crippen molar-refractivity contribution >= 4 is 23.2 Å². The number of anilines is 1. The summed E-state index contributed by atoms with van der Waals surface area (Å²) in [5.41, 5.74) is 1.15. The zero-order chi connectivity index (χ0) is 13.1. The molecule has 0 radical (unpaired) electrons. The summed E-state index contributed by atoms with van der Waals surface area (Å²) in [5, 5.41) is 9.03. The van der Waals surface area contributed by atoms with Crippen molar-refractivity contribution in [1.82, 2.24) is 0 Å². The Labute approximate surface area is 111 Å². The molecule has 0 aliphatic carbocycles. The van der Waals surface area contributed by atoms with Crippen LogP contribution < -0.4 is 9.64 Å². The van der Waals surface area contributed by atoms with Crippen molar-refractivity contribution < 1.29 is 9.53 Å². The van der Waals surface area contributed by atoms with Gasteiger partial charge < -0.3 is 9.64 Å². The van der Waals surface area contributed by atoms with Crippen LogP contribution in [0.25, 0.3) is 0 Å². The van der Waals surface area contributed by atoms with Crippen LogP contribution in [0.15, 0.2) is 18.2 Å². The number of amides is 1. The Balaban J connectivity index is 2.30. The zero-order valence-corrected chi connectivity index (χ0v) is 10.8. The van der Waals surface area contributed by atoms with Crippen molar-refractivity contribution in [3.05, 3.63) is 23.8 Å². The van der Waals surface area contributed by atoms with Crippen molar-refractivity contribution in [3.8, 4) is 11.8 Å². The minimum absolute atomic E-state index is 0.0507. The smallest absolute Gasteiger partial charge is 0.227 e. The average Bonchev–Trinajstić information content (AvgIpc) is 2.79. The third kappa shape index (κ3) is 2.27. The molecule has 94 valence electrons. The lowest BCUT2D eigenvalue weighted by molar-refractivity contribution is -0.117. The molecule has 1 fully saturated rings. The first-order valence-corrected chi connectivity index (χ1v) is 6.17. The number of carbonyl (C=O) groups is 1. The van der Waals surface area contributed by atoms with Gasteiger partial charge in [0.1, 0.15) is 11.8 Å². The van der Waals surface area contributed by atoms with Gasteiger partial charge in [-0.3, -0.25) is 4.79 Å². The highest BCUT2D eigenvalue weighted by atomic mass is 35.5. The molecular weight excluding hydrogens is 252 g/mol. The third-order valence-electron chi connectivity index (χ3n) is 3.04. The van der Waals surface area contributed by atoms with Gasteiger partial charge in [0.05, 0.1) is 12.7 Å². The standard InChI is InChI=1S/C13H13ClN2O2/c1-18-12-3-2-11(5-10(12)7-15)16-8-9(6-14)4-13(16)17/h2-3,5,9H,4,6,8H2,1H3. The first-order chi connectivity index (χ1) is 8.69. The van der Waals surface area contributed by atoms with Gasteiger partial charge >= 0.3 is 0 Å². The Bertz CT molecular complexity index is 510. The van der Waals surface area contributed by atoms with Gasteiger partial charge in [-0.05, 0) is 24.1 Å². The molecule has 1 aliphatic heterocycles. The minimum Gasteiger partial charge on any atom is -0.495 e. The first-order valence-electron chi connectivity index (χ1n) is 5.64. The maximum atomic E-state index is 11.9. The summed E-state index contributed by atoms with van der Waals surface area (Å²) in [4.78, 5) is 13.5. The molecule has 1 saturated heterocycles. The molecule has 1 atom stereocenters. The number of nitriles is 1. The molecule has 0 saturated carbocycles. The van der Waals surface area contributed by atoms with E-state index in [1.807, 2.05) is 0 Å². The number of rotatable bonds is 3. The molecule has 18 heavy (non-hydrogen) atoms. The van der Waals surface area contributed by atoms with Crippen molar-refractivity contribution in [2.24, 2.45) is 5.92 Å². The number of methoxy groups -OCH3 is 1. The van der Waals surface area contributed by atoms with E-state index < -0.39 is 0 Å². The van der Waals surface area contributed by atoms with Crippen LogP contribution in [0.3, 0.4) is 0 Å². The van der Waals surface area contributed by atoms with E-state index in [2.05, 4.69) is 6.07 Å². The Morgan fingerprint density at radius 1 is 1.61 bits per heavy atom. The monoisotopic (exact) mass is 264 g/mol. The SMILES string of the molecule is COc1ccc(N2CC(CCl)CC2=O)cc1C#N. The summed E-state index contributed by atoms with van der Waals surface area (Å²) < 4.78 is 5.08. The van der Waals surface area contributed by atoms with Crippen LogP contribution in [-0.2, 0) is 4.79 Å². The van der Waals surface area contributed by atoms with Gasteiger partial charge in [-0.15, -0.1) is 11.6 Å². The lowest BCUT2D eigenvalue weighted by atomic mass is 10.1. The number of nitrogens with zero attached hydrogens (tertiary/aromatic N) is 2. The van der Waals surface area contributed by atoms with Crippen LogP contribution in [0.1, 0.15) is 12.0 Å². The molecule has 5 heteroatoms. The summed E-state index contributed by atoms with van der Waals surface area (Å²) in [5.74, 6) is 1.23. The second kappa shape index (κ2) is 5.28. The highest BCUT2D eigenvalue weighted by Gasteiger charge is 2.30. The first kappa shape index (κ1) is 12.7. The number of hydrogen-bond acceptors (Lipinski definition) is 3. The molecule has 1 amide bonds. The van der Waals surface area contributed by atoms with Crippen molar-refractivity contribution in [2.45, 2.75) is 6.42 Å². The number of ether oxygens (including phenoxy) is 1. The molecule has 1 aliphatic rings.